The van der Waals surface area contributed by atoms with E-state index in [0.29, 0.717) is 5.75 Å². The maximum absolute atomic E-state index is 12.5. The maximum Gasteiger partial charge on any atom is 0.328 e. The largest absolute Gasteiger partial charge is 0.491 e. The Labute approximate surface area is 158 Å². The summed E-state index contributed by atoms with van der Waals surface area (Å²) in [6, 6.07) is 4.53. The van der Waals surface area contributed by atoms with Crippen LogP contribution < -0.4 is 10.5 Å². The van der Waals surface area contributed by atoms with Crippen molar-refractivity contribution in [1.82, 2.24) is 14.7 Å². The zero-order chi connectivity index (χ0) is 19.9. The van der Waals surface area contributed by atoms with Crippen LogP contribution in [0.4, 0.5) is 4.79 Å². The lowest BCUT2D eigenvalue weighted by atomic mass is 10.1. The predicted octanol–water partition coefficient (Wildman–Crippen LogP) is -0.108. The molecule has 1 aromatic rings. The number of aliphatic hydroxyl groups is 1. The summed E-state index contributed by atoms with van der Waals surface area (Å²) >= 11 is 0. The molecule has 2 heterocycles. The van der Waals surface area contributed by atoms with Gasteiger partial charge in [-0.05, 0) is 37.1 Å². The number of fused-ring (bicyclic) bond motifs is 1. The van der Waals surface area contributed by atoms with Crippen LogP contribution >= 0.6 is 0 Å². The smallest absolute Gasteiger partial charge is 0.328 e. The molecule has 0 aliphatic carbocycles. The van der Waals surface area contributed by atoms with E-state index in [4.69, 9.17) is 10.5 Å². The molecule has 27 heavy (non-hydrogen) atoms. The van der Waals surface area contributed by atoms with Crippen molar-refractivity contribution in [2.45, 2.75) is 32.2 Å². The first-order chi connectivity index (χ1) is 12.7. The summed E-state index contributed by atoms with van der Waals surface area (Å²) in [6.45, 7) is 4.12. The van der Waals surface area contributed by atoms with Crippen LogP contribution in [0.3, 0.4) is 0 Å². The van der Waals surface area contributed by atoms with Crippen molar-refractivity contribution in [3.05, 3.63) is 29.3 Å². The van der Waals surface area contributed by atoms with E-state index in [2.05, 4.69) is 4.99 Å². The molecule has 3 rings (SSSR count). The van der Waals surface area contributed by atoms with Gasteiger partial charge in [0.25, 0.3) is 5.91 Å². The highest BCUT2D eigenvalue weighted by Gasteiger charge is 2.50. The number of aliphatic hydroxyl groups excluding tert-OH is 1. The zero-order valence-corrected chi connectivity index (χ0v) is 15.9. The summed E-state index contributed by atoms with van der Waals surface area (Å²) in [5.74, 6) is 0.394. The molecule has 1 aromatic carbocycles. The van der Waals surface area contributed by atoms with E-state index in [9.17, 15) is 14.7 Å². The molecule has 0 radical (unpaired) electrons. The zero-order valence-electron chi connectivity index (χ0n) is 15.9. The van der Waals surface area contributed by atoms with Gasteiger partial charge in [0.15, 0.2) is 18.2 Å². The number of rotatable bonds is 5. The summed E-state index contributed by atoms with van der Waals surface area (Å²) < 4.78 is 5.65. The third-order valence-corrected chi connectivity index (χ3v) is 5.07. The number of ether oxygens (including phenoxy) is 1. The number of guanidine groups is 1. The monoisotopic (exact) mass is 375 g/mol. The molecule has 3 unspecified atom stereocenters. The number of nitrogens with zero attached hydrogens (tertiary/aromatic N) is 4. The van der Waals surface area contributed by atoms with E-state index in [1.165, 1.54) is 16.8 Å². The van der Waals surface area contributed by atoms with Crippen LogP contribution in [-0.4, -0.2) is 83.3 Å². The fraction of sp³-hybridized carbons (Fsp3) is 0.500. The van der Waals surface area contributed by atoms with E-state index in [1.807, 2.05) is 32.0 Å². The van der Waals surface area contributed by atoms with Crippen molar-refractivity contribution in [3.63, 3.8) is 0 Å². The molecule has 146 valence electrons. The third kappa shape index (κ3) is 3.42. The van der Waals surface area contributed by atoms with Gasteiger partial charge in [-0.3, -0.25) is 9.69 Å². The number of carbonyl (C=O) groups is 2. The summed E-state index contributed by atoms with van der Waals surface area (Å²) in [6.07, 6.45) is -1.57. The molecule has 0 bridgehead atoms. The van der Waals surface area contributed by atoms with Gasteiger partial charge in [-0.2, -0.15) is 0 Å². The van der Waals surface area contributed by atoms with Crippen LogP contribution in [0.1, 0.15) is 11.1 Å². The van der Waals surface area contributed by atoms with Crippen molar-refractivity contribution < 1.29 is 19.4 Å². The van der Waals surface area contributed by atoms with Crippen molar-refractivity contribution in [2.24, 2.45) is 10.7 Å². The molecule has 2 aliphatic rings. The molecule has 0 aromatic heterocycles. The average Bonchev–Trinajstić information content (AvgIpc) is 2.95. The highest BCUT2D eigenvalue weighted by Crippen LogP contribution is 2.26. The van der Waals surface area contributed by atoms with Gasteiger partial charge in [0.1, 0.15) is 18.5 Å². The Balaban J connectivity index is 1.65. The van der Waals surface area contributed by atoms with E-state index in [1.54, 1.807) is 7.05 Å². The number of aryl methyl sites for hydroxylation is 2. The van der Waals surface area contributed by atoms with Crippen molar-refractivity contribution in [1.29, 1.82) is 0 Å². The lowest BCUT2D eigenvalue weighted by molar-refractivity contribution is -0.136. The van der Waals surface area contributed by atoms with Gasteiger partial charge in [0, 0.05) is 14.1 Å². The Kier molecular flexibility index (Phi) is 4.97. The highest BCUT2D eigenvalue weighted by atomic mass is 16.5. The normalized spacial score (nSPS) is 23.4. The van der Waals surface area contributed by atoms with Gasteiger partial charge < -0.3 is 25.4 Å². The molecule has 3 atom stereocenters. The maximum atomic E-state index is 12.5. The predicted molar refractivity (Wildman–Crippen MR) is 99.3 cm³/mol. The minimum absolute atomic E-state index is 0.0441. The van der Waals surface area contributed by atoms with Crippen LogP contribution in [0.25, 0.3) is 0 Å². The second-order valence-electron chi connectivity index (χ2n) is 7.00. The number of nitrogens with two attached hydrogens (primary N) is 1. The van der Waals surface area contributed by atoms with Crippen molar-refractivity contribution >= 4 is 17.9 Å². The van der Waals surface area contributed by atoms with E-state index in [0.717, 1.165) is 16.0 Å². The second-order valence-corrected chi connectivity index (χ2v) is 7.00. The molecular formula is C18H25N5O4. The molecule has 2 aliphatic heterocycles. The van der Waals surface area contributed by atoms with Gasteiger partial charge in [-0.25, -0.2) is 9.79 Å². The summed E-state index contributed by atoms with van der Waals surface area (Å²) in [5, 5.41) is 10.4. The Morgan fingerprint density at radius 1 is 1.26 bits per heavy atom. The number of imide groups is 1. The average molecular weight is 375 g/mol. The standard InChI is InChI=1S/C18H25N5O4/c1-10-5-6-13(7-11(10)2)27-9-12(24)8-23-14-15(20-17(23)19)21(3)18(26)22(4)16(14)25/h5-7,12,14-15,24H,8-9H2,1-4H3,(H2,19,20). The first-order valence-corrected chi connectivity index (χ1v) is 8.73. The molecular weight excluding hydrogens is 350 g/mol. The Hall–Kier alpha value is -2.81. The number of likely N-dealkylation sites (N-methyl/N-ethyl adjacent to an activating group) is 2. The Morgan fingerprint density at radius 2 is 1.96 bits per heavy atom. The Bertz CT molecular complexity index is 796. The number of hydrogen-bond donors (Lipinski definition) is 2. The van der Waals surface area contributed by atoms with E-state index < -0.39 is 30.2 Å². The summed E-state index contributed by atoms with van der Waals surface area (Å²) in [4.78, 5) is 32.8. The molecule has 1 fully saturated rings. The number of β-amino-alcohol motifs (C(OH)–C–C–N with tert-alkyl or cyclic N) is 1. The number of aliphatic imine (C=N–C) groups is 1. The molecule has 0 saturated carbocycles. The van der Waals surface area contributed by atoms with Gasteiger partial charge in [-0.1, -0.05) is 6.07 Å². The fourth-order valence-corrected chi connectivity index (χ4v) is 3.27. The van der Waals surface area contributed by atoms with E-state index in [-0.39, 0.29) is 19.1 Å². The van der Waals surface area contributed by atoms with Gasteiger partial charge in [0.2, 0.25) is 0 Å². The van der Waals surface area contributed by atoms with Crippen LogP contribution in [-0.2, 0) is 4.79 Å². The Morgan fingerprint density at radius 3 is 2.63 bits per heavy atom. The number of hydrogen-bond acceptors (Lipinski definition) is 7. The van der Waals surface area contributed by atoms with Crippen LogP contribution in [0.15, 0.2) is 23.2 Å². The SMILES string of the molecule is Cc1ccc(OCC(O)CN2C(N)=NC3C2C(=O)N(C)C(=O)N3C)cc1C. The molecule has 1 saturated heterocycles. The van der Waals surface area contributed by atoms with Gasteiger partial charge >= 0.3 is 6.03 Å². The lowest BCUT2D eigenvalue weighted by Crippen LogP contribution is -2.65. The van der Waals surface area contributed by atoms with Crippen molar-refractivity contribution in [2.75, 3.05) is 27.2 Å². The summed E-state index contributed by atoms with van der Waals surface area (Å²) in [5.41, 5.74) is 8.22. The number of amides is 3. The van der Waals surface area contributed by atoms with Gasteiger partial charge in [0.05, 0.1) is 6.54 Å². The molecule has 9 nitrogen and oxygen atoms in total. The quantitative estimate of drug-likeness (QED) is 0.743. The molecule has 3 amide bonds. The minimum Gasteiger partial charge on any atom is -0.491 e. The highest BCUT2D eigenvalue weighted by molar-refractivity contribution is 6.03. The first-order valence-electron chi connectivity index (χ1n) is 8.73. The fourth-order valence-electron chi connectivity index (χ4n) is 3.27. The molecule has 0 spiro atoms. The first kappa shape index (κ1) is 19.0. The number of benzene rings is 1. The van der Waals surface area contributed by atoms with Crippen LogP contribution in [0.5, 0.6) is 5.75 Å². The van der Waals surface area contributed by atoms with Crippen LogP contribution in [0.2, 0.25) is 0 Å². The molecule has 3 N–H and O–H groups in total. The van der Waals surface area contributed by atoms with E-state index >= 15 is 0 Å². The summed E-state index contributed by atoms with van der Waals surface area (Å²) in [7, 11) is 2.99. The number of urea groups is 1. The number of carbonyl (C=O) groups excluding carboxylic acids is 2. The van der Waals surface area contributed by atoms with Gasteiger partial charge in [-0.15, -0.1) is 0 Å². The van der Waals surface area contributed by atoms with Crippen LogP contribution in [0, 0.1) is 13.8 Å². The molecule has 9 heteroatoms. The van der Waals surface area contributed by atoms with Crippen molar-refractivity contribution in [3.8, 4) is 5.75 Å². The minimum atomic E-state index is -0.889. The third-order valence-electron chi connectivity index (χ3n) is 5.07. The lowest BCUT2D eigenvalue weighted by Gasteiger charge is -2.40. The second kappa shape index (κ2) is 7.07. The topological polar surface area (TPSA) is 112 Å².